The highest BCUT2D eigenvalue weighted by molar-refractivity contribution is 6.32. The molecule has 9 heteroatoms. The molecule has 1 aromatic carbocycles. The molecule has 2 rings (SSSR count). The van der Waals surface area contributed by atoms with Crippen LogP contribution in [0.2, 0.25) is 5.02 Å². The Kier molecular flexibility index (Phi) is 3.74. The van der Waals surface area contributed by atoms with Crippen LogP contribution in [0.15, 0.2) is 30.6 Å². The van der Waals surface area contributed by atoms with Crippen LogP contribution in [0, 0.1) is 10.1 Å². The van der Waals surface area contributed by atoms with Gasteiger partial charge in [-0.05, 0) is 6.07 Å². The minimum absolute atomic E-state index is 0.0825. The maximum absolute atomic E-state index is 10.9. The van der Waals surface area contributed by atoms with E-state index in [9.17, 15) is 10.1 Å². The zero-order chi connectivity index (χ0) is 13.8. The summed E-state index contributed by atoms with van der Waals surface area (Å²) in [5.74, 6) is 5.49. The van der Waals surface area contributed by atoms with Crippen LogP contribution in [-0.4, -0.2) is 14.9 Å². The molecule has 0 unspecified atom stereocenters. The molecule has 0 saturated carbocycles. The summed E-state index contributed by atoms with van der Waals surface area (Å²) in [5, 5.41) is 11.0. The molecule has 0 aliphatic rings. The van der Waals surface area contributed by atoms with Crippen molar-refractivity contribution >= 4 is 23.1 Å². The van der Waals surface area contributed by atoms with E-state index in [1.807, 2.05) is 0 Å². The quantitative estimate of drug-likeness (QED) is 0.501. The number of aromatic nitrogens is 2. The van der Waals surface area contributed by atoms with E-state index in [1.54, 1.807) is 0 Å². The van der Waals surface area contributed by atoms with Crippen LogP contribution in [0.5, 0.6) is 11.6 Å². The van der Waals surface area contributed by atoms with Gasteiger partial charge in [-0.25, -0.2) is 15.8 Å². The van der Waals surface area contributed by atoms with Crippen molar-refractivity contribution in [1.82, 2.24) is 9.97 Å². The maximum atomic E-state index is 10.9. The standard InChI is InChI=1S/C10H8ClN5O3/c11-6-2-1-3-7(16(17)18)10(6)19-9-4-8(15-12)13-5-14-9/h1-5H,12H2,(H,13,14,15). The molecule has 0 aliphatic heterocycles. The van der Waals surface area contributed by atoms with Gasteiger partial charge in [0.2, 0.25) is 11.6 Å². The van der Waals surface area contributed by atoms with Crippen LogP contribution >= 0.6 is 11.6 Å². The molecule has 0 atom stereocenters. The average molecular weight is 282 g/mol. The van der Waals surface area contributed by atoms with Crippen LogP contribution in [-0.2, 0) is 0 Å². The molecule has 0 amide bonds. The Morgan fingerprint density at radius 1 is 1.42 bits per heavy atom. The first-order valence-corrected chi connectivity index (χ1v) is 5.39. The molecular weight excluding hydrogens is 274 g/mol. The molecule has 98 valence electrons. The fourth-order valence-electron chi connectivity index (χ4n) is 1.32. The Balaban J connectivity index is 2.40. The zero-order valence-electron chi connectivity index (χ0n) is 9.41. The fraction of sp³-hybridized carbons (Fsp3) is 0. The molecule has 2 aromatic rings. The lowest BCUT2D eigenvalue weighted by molar-refractivity contribution is -0.385. The molecule has 0 spiro atoms. The van der Waals surface area contributed by atoms with E-state index in [-0.39, 0.29) is 22.3 Å². The molecule has 3 N–H and O–H groups in total. The number of rotatable bonds is 4. The van der Waals surface area contributed by atoms with Gasteiger partial charge in [0.05, 0.1) is 9.95 Å². The topological polar surface area (TPSA) is 116 Å². The number of nitro benzene ring substituents is 1. The summed E-state index contributed by atoms with van der Waals surface area (Å²) in [6.07, 6.45) is 1.20. The Bertz CT molecular complexity index is 622. The van der Waals surface area contributed by atoms with Gasteiger partial charge in [0.1, 0.15) is 12.1 Å². The zero-order valence-corrected chi connectivity index (χ0v) is 10.2. The number of hydrogen-bond donors (Lipinski definition) is 2. The van der Waals surface area contributed by atoms with Crippen LogP contribution in [0.25, 0.3) is 0 Å². The number of para-hydroxylation sites is 1. The van der Waals surface area contributed by atoms with Crippen molar-refractivity contribution in [2.24, 2.45) is 5.84 Å². The molecule has 1 aromatic heterocycles. The summed E-state index contributed by atoms with van der Waals surface area (Å²) in [4.78, 5) is 17.9. The fourth-order valence-corrected chi connectivity index (χ4v) is 1.53. The summed E-state index contributed by atoms with van der Waals surface area (Å²) >= 11 is 5.88. The van der Waals surface area contributed by atoms with Crippen molar-refractivity contribution in [3.05, 3.63) is 45.7 Å². The summed E-state index contributed by atoms with van der Waals surface area (Å²) < 4.78 is 5.32. The highest BCUT2D eigenvalue weighted by atomic mass is 35.5. The van der Waals surface area contributed by atoms with Crippen molar-refractivity contribution in [2.45, 2.75) is 0 Å². The van der Waals surface area contributed by atoms with Crippen LogP contribution < -0.4 is 16.0 Å². The van der Waals surface area contributed by atoms with Crippen molar-refractivity contribution in [2.75, 3.05) is 5.43 Å². The number of halogens is 1. The highest BCUT2D eigenvalue weighted by Crippen LogP contribution is 2.37. The average Bonchev–Trinajstić information content (AvgIpc) is 2.41. The number of anilines is 1. The van der Waals surface area contributed by atoms with Crippen LogP contribution in [0.4, 0.5) is 11.5 Å². The predicted molar refractivity (Wildman–Crippen MR) is 68.0 cm³/mol. The summed E-state index contributed by atoms with van der Waals surface area (Å²) in [6, 6.07) is 5.60. The van der Waals surface area contributed by atoms with Gasteiger partial charge in [-0.2, -0.15) is 0 Å². The number of hydrogen-bond acceptors (Lipinski definition) is 7. The molecule has 0 radical (unpaired) electrons. The number of nitrogens with one attached hydrogen (secondary N) is 1. The number of benzene rings is 1. The molecule has 0 fully saturated rings. The van der Waals surface area contributed by atoms with Gasteiger partial charge in [-0.1, -0.05) is 17.7 Å². The van der Waals surface area contributed by atoms with E-state index >= 15 is 0 Å². The number of nitro groups is 1. The first-order valence-electron chi connectivity index (χ1n) is 5.01. The first kappa shape index (κ1) is 13.0. The van der Waals surface area contributed by atoms with Crippen molar-refractivity contribution < 1.29 is 9.66 Å². The lowest BCUT2D eigenvalue weighted by Crippen LogP contribution is -2.08. The second-order valence-corrected chi connectivity index (χ2v) is 3.74. The van der Waals surface area contributed by atoms with E-state index in [1.165, 1.54) is 30.6 Å². The molecule has 0 saturated heterocycles. The number of nitrogens with two attached hydrogens (primary N) is 1. The lowest BCUT2D eigenvalue weighted by atomic mass is 10.3. The Morgan fingerprint density at radius 3 is 2.89 bits per heavy atom. The summed E-state index contributed by atoms with van der Waals surface area (Å²) in [6.45, 7) is 0. The SMILES string of the molecule is NNc1cc(Oc2c(Cl)cccc2[N+](=O)[O-])ncn1. The molecule has 8 nitrogen and oxygen atoms in total. The Hall–Kier alpha value is -2.45. The van der Waals surface area contributed by atoms with Gasteiger partial charge in [-0.3, -0.25) is 10.1 Å². The van der Waals surface area contributed by atoms with E-state index in [0.29, 0.717) is 5.82 Å². The highest BCUT2D eigenvalue weighted by Gasteiger charge is 2.19. The van der Waals surface area contributed by atoms with Gasteiger partial charge in [0.15, 0.2) is 0 Å². The van der Waals surface area contributed by atoms with Gasteiger partial charge in [0, 0.05) is 12.1 Å². The smallest absolute Gasteiger partial charge is 0.313 e. The van der Waals surface area contributed by atoms with Crippen molar-refractivity contribution in [3.8, 4) is 11.6 Å². The van der Waals surface area contributed by atoms with Crippen molar-refractivity contribution in [1.29, 1.82) is 0 Å². The van der Waals surface area contributed by atoms with Crippen LogP contribution in [0.1, 0.15) is 0 Å². The Labute approximate surface area is 112 Å². The number of hydrazine groups is 1. The molecule has 1 heterocycles. The molecule has 0 aliphatic carbocycles. The van der Waals surface area contributed by atoms with Crippen molar-refractivity contribution in [3.63, 3.8) is 0 Å². The van der Waals surface area contributed by atoms with E-state index < -0.39 is 4.92 Å². The van der Waals surface area contributed by atoms with Gasteiger partial charge in [0.25, 0.3) is 0 Å². The lowest BCUT2D eigenvalue weighted by Gasteiger charge is -2.07. The maximum Gasteiger partial charge on any atom is 0.313 e. The minimum atomic E-state index is -0.593. The monoisotopic (exact) mass is 281 g/mol. The predicted octanol–water partition coefficient (Wildman–Crippen LogP) is 2.12. The third kappa shape index (κ3) is 2.87. The third-order valence-electron chi connectivity index (χ3n) is 2.14. The summed E-state index contributed by atoms with van der Waals surface area (Å²) in [5.41, 5.74) is 2.05. The van der Waals surface area contributed by atoms with Gasteiger partial charge < -0.3 is 10.2 Å². The first-order chi connectivity index (χ1) is 9.11. The molecule has 0 bridgehead atoms. The Morgan fingerprint density at radius 2 is 2.21 bits per heavy atom. The van der Waals surface area contributed by atoms with E-state index in [0.717, 1.165) is 0 Å². The van der Waals surface area contributed by atoms with E-state index in [2.05, 4.69) is 15.4 Å². The second kappa shape index (κ2) is 5.46. The normalized spacial score (nSPS) is 10.0. The number of ether oxygens (including phenoxy) is 1. The number of nitrogens with zero attached hydrogens (tertiary/aromatic N) is 3. The second-order valence-electron chi connectivity index (χ2n) is 3.33. The molecule has 19 heavy (non-hydrogen) atoms. The number of nitrogen functional groups attached to an aromatic ring is 1. The van der Waals surface area contributed by atoms with Gasteiger partial charge >= 0.3 is 5.69 Å². The third-order valence-corrected chi connectivity index (χ3v) is 2.44. The minimum Gasteiger partial charge on any atom is -0.430 e. The van der Waals surface area contributed by atoms with E-state index in [4.69, 9.17) is 22.2 Å². The van der Waals surface area contributed by atoms with Gasteiger partial charge in [-0.15, -0.1) is 0 Å². The van der Waals surface area contributed by atoms with Crippen LogP contribution in [0.3, 0.4) is 0 Å². The largest absolute Gasteiger partial charge is 0.430 e. The molecular formula is C10H8ClN5O3. The summed E-state index contributed by atoms with van der Waals surface area (Å²) in [7, 11) is 0.